The Bertz CT molecular complexity index is 363. The average molecular weight is 252 g/mol. The fourth-order valence-corrected chi connectivity index (χ4v) is 3.84. The van der Waals surface area contributed by atoms with Crippen LogP contribution in [0.25, 0.3) is 0 Å². The molecular weight excluding hydrogens is 228 g/mol. The van der Waals surface area contributed by atoms with Gasteiger partial charge in [0.05, 0.1) is 0 Å². The standard InChI is InChI=1S/C14H24N2O2/c1-14(2,3)18-13(17)16-7-9-5-11(16)12(9)10-4-8(10)6-15/h8-12H,4-7,15H2,1-3H3/t8?,9-,10?,11-,12?/m0/s1. The summed E-state index contributed by atoms with van der Waals surface area (Å²) in [5.74, 6) is 2.93. The molecule has 3 unspecified atom stereocenters. The molecule has 2 N–H and O–H groups in total. The normalized spacial score (nSPS) is 41.6. The Morgan fingerprint density at radius 1 is 1.39 bits per heavy atom. The number of nitrogens with zero attached hydrogens (tertiary/aromatic N) is 1. The van der Waals surface area contributed by atoms with E-state index in [0.717, 1.165) is 24.9 Å². The highest BCUT2D eigenvalue weighted by Gasteiger charge is 2.61. The van der Waals surface area contributed by atoms with E-state index in [2.05, 4.69) is 0 Å². The summed E-state index contributed by atoms with van der Waals surface area (Å²) in [6, 6.07) is 0.436. The van der Waals surface area contributed by atoms with E-state index in [1.54, 1.807) is 0 Å². The van der Waals surface area contributed by atoms with Crippen LogP contribution in [0.5, 0.6) is 0 Å². The lowest BCUT2D eigenvalue weighted by Crippen LogP contribution is -2.44. The Kier molecular flexibility index (Phi) is 2.63. The molecular formula is C14H24N2O2. The van der Waals surface area contributed by atoms with E-state index < -0.39 is 0 Å². The van der Waals surface area contributed by atoms with Gasteiger partial charge in [0.2, 0.25) is 0 Å². The molecule has 4 rings (SSSR count). The molecule has 1 amide bonds. The van der Waals surface area contributed by atoms with Crippen molar-refractivity contribution < 1.29 is 9.53 Å². The maximum Gasteiger partial charge on any atom is 0.410 e. The van der Waals surface area contributed by atoms with Crippen LogP contribution in [0, 0.1) is 23.7 Å². The van der Waals surface area contributed by atoms with Crippen molar-refractivity contribution in [3.63, 3.8) is 0 Å². The summed E-state index contributed by atoms with van der Waals surface area (Å²) in [6.07, 6.45) is 2.33. The number of rotatable bonds is 2. The molecule has 0 aromatic heterocycles. The minimum atomic E-state index is -0.390. The first-order chi connectivity index (χ1) is 8.40. The summed E-state index contributed by atoms with van der Waals surface area (Å²) in [4.78, 5) is 14.1. The summed E-state index contributed by atoms with van der Waals surface area (Å²) in [5, 5.41) is 0. The van der Waals surface area contributed by atoms with Gasteiger partial charge in [-0.15, -0.1) is 0 Å². The predicted molar refractivity (Wildman–Crippen MR) is 69.0 cm³/mol. The summed E-state index contributed by atoms with van der Waals surface area (Å²) in [6.45, 7) is 7.49. The van der Waals surface area contributed by atoms with Crippen LogP contribution in [0.15, 0.2) is 0 Å². The first kappa shape index (κ1) is 12.3. The third kappa shape index (κ3) is 1.91. The maximum atomic E-state index is 12.1. The average Bonchev–Trinajstić information content (AvgIpc) is 2.72. The second-order valence-corrected chi connectivity index (χ2v) is 7.17. The third-order valence-electron chi connectivity index (χ3n) is 4.77. The van der Waals surface area contributed by atoms with Crippen LogP contribution in [0.3, 0.4) is 0 Å². The van der Waals surface area contributed by atoms with E-state index in [1.807, 2.05) is 25.7 Å². The van der Waals surface area contributed by atoms with Crippen molar-refractivity contribution in [1.82, 2.24) is 4.90 Å². The minimum absolute atomic E-state index is 0.123. The number of hydrogen-bond acceptors (Lipinski definition) is 3. The van der Waals surface area contributed by atoms with Gasteiger partial charge in [-0.05, 0) is 63.8 Å². The Morgan fingerprint density at radius 2 is 2.11 bits per heavy atom. The monoisotopic (exact) mass is 252 g/mol. The van der Waals surface area contributed by atoms with Crippen LogP contribution in [0.2, 0.25) is 0 Å². The zero-order valence-electron chi connectivity index (χ0n) is 11.6. The molecule has 2 saturated carbocycles. The summed E-state index contributed by atoms with van der Waals surface area (Å²) >= 11 is 0. The van der Waals surface area contributed by atoms with Gasteiger partial charge in [-0.1, -0.05) is 0 Å². The topological polar surface area (TPSA) is 55.6 Å². The fraction of sp³-hybridized carbons (Fsp3) is 0.929. The van der Waals surface area contributed by atoms with Crippen molar-refractivity contribution in [2.24, 2.45) is 29.4 Å². The lowest BCUT2D eigenvalue weighted by molar-refractivity contribution is 0.0185. The highest BCUT2D eigenvalue weighted by atomic mass is 16.6. The number of carbonyl (C=O) groups is 1. The van der Waals surface area contributed by atoms with Crippen molar-refractivity contribution in [2.45, 2.75) is 45.3 Å². The summed E-state index contributed by atoms with van der Waals surface area (Å²) in [5.41, 5.74) is 5.33. The van der Waals surface area contributed by atoms with Gasteiger partial charge in [0.25, 0.3) is 0 Å². The molecule has 0 aromatic rings. The SMILES string of the molecule is CC(C)(C)OC(=O)N1C[C@@H]2C[C@H]1C2C1CC1CN. The van der Waals surface area contributed by atoms with Crippen LogP contribution in [0.4, 0.5) is 4.79 Å². The van der Waals surface area contributed by atoms with Gasteiger partial charge in [0.15, 0.2) is 0 Å². The molecule has 102 valence electrons. The molecule has 2 aliphatic carbocycles. The first-order valence-corrected chi connectivity index (χ1v) is 7.10. The molecule has 4 fully saturated rings. The number of ether oxygens (including phenoxy) is 1. The number of carbonyl (C=O) groups excluding carboxylic acids is 1. The molecule has 0 radical (unpaired) electrons. The van der Waals surface area contributed by atoms with Crippen LogP contribution in [-0.4, -0.2) is 35.7 Å². The lowest BCUT2D eigenvalue weighted by Gasteiger charge is -2.37. The lowest BCUT2D eigenvalue weighted by atomic mass is 9.70. The van der Waals surface area contributed by atoms with Gasteiger partial charge in [-0.3, -0.25) is 0 Å². The van der Waals surface area contributed by atoms with Crippen molar-refractivity contribution in [3.8, 4) is 0 Å². The summed E-state index contributed by atoms with van der Waals surface area (Å²) in [7, 11) is 0. The second kappa shape index (κ2) is 3.86. The van der Waals surface area contributed by atoms with Gasteiger partial charge < -0.3 is 15.4 Å². The van der Waals surface area contributed by atoms with E-state index in [4.69, 9.17) is 10.5 Å². The molecule has 4 nitrogen and oxygen atoms in total. The maximum absolute atomic E-state index is 12.1. The quantitative estimate of drug-likeness (QED) is 0.816. The van der Waals surface area contributed by atoms with Crippen LogP contribution < -0.4 is 5.73 Å². The van der Waals surface area contributed by atoms with Gasteiger partial charge in [0, 0.05) is 12.6 Å². The van der Waals surface area contributed by atoms with Gasteiger partial charge in [0.1, 0.15) is 5.60 Å². The number of hydrogen-bond donors (Lipinski definition) is 1. The Hall–Kier alpha value is -0.770. The zero-order valence-corrected chi connectivity index (χ0v) is 11.6. The van der Waals surface area contributed by atoms with E-state index in [-0.39, 0.29) is 11.7 Å². The zero-order chi connectivity index (χ0) is 13.1. The first-order valence-electron chi connectivity index (χ1n) is 7.10. The number of nitrogens with two attached hydrogens (primary N) is 1. The molecule has 5 atom stereocenters. The fourth-order valence-electron chi connectivity index (χ4n) is 3.84. The van der Waals surface area contributed by atoms with Crippen molar-refractivity contribution >= 4 is 6.09 Å². The van der Waals surface area contributed by atoms with E-state index in [1.165, 1.54) is 12.8 Å². The molecule has 4 heteroatoms. The number of amides is 1. The molecule has 2 aliphatic heterocycles. The minimum Gasteiger partial charge on any atom is -0.444 e. The summed E-state index contributed by atoms with van der Waals surface area (Å²) < 4.78 is 5.48. The van der Waals surface area contributed by atoms with Gasteiger partial charge in [-0.2, -0.15) is 0 Å². The predicted octanol–water partition coefficient (Wildman–Crippen LogP) is 1.84. The Balaban J connectivity index is 1.60. The molecule has 0 spiro atoms. The highest BCUT2D eigenvalue weighted by Crippen LogP contribution is 2.59. The highest BCUT2D eigenvalue weighted by molar-refractivity contribution is 5.69. The molecule has 0 aromatic carbocycles. The van der Waals surface area contributed by atoms with Crippen LogP contribution in [0.1, 0.15) is 33.6 Å². The van der Waals surface area contributed by atoms with Crippen molar-refractivity contribution in [1.29, 1.82) is 0 Å². The van der Waals surface area contributed by atoms with Gasteiger partial charge >= 0.3 is 6.09 Å². The van der Waals surface area contributed by atoms with Crippen molar-refractivity contribution in [2.75, 3.05) is 13.1 Å². The van der Waals surface area contributed by atoms with Crippen molar-refractivity contribution in [3.05, 3.63) is 0 Å². The second-order valence-electron chi connectivity index (χ2n) is 7.17. The molecule has 2 saturated heterocycles. The van der Waals surface area contributed by atoms with E-state index >= 15 is 0 Å². The Morgan fingerprint density at radius 3 is 2.67 bits per heavy atom. The smallest absolute Gasteiger partial charge is 0.410 e. The Labute approximate surface area is 109 Å². The third-order valence-corrected chi connectivity index (χ3v) is 4.77. The van der Waals surface area contributed by atoms with Crippen LogP contribution >= 0.6 is 0 Å². The molecule has 4 aliphatic rings. The van der Waals surface area contributed by atoms with Crippen LogP contribution in [-0.2, 0) is 4.74 Å². The largest absolute Gasteiger partial charge is 0.444 e. The van der Waals surface area contributed by atoms with Gasteiger partial charge in [-0.25, -0.2) is 4.79 Å². The van der Waals surface area contributed by atoms with E-state index in [0.29, 0.717) is 17.9 Å². The van der Waals surface area contributed by atoms with E-state index in [9.17, 15) is 4.79 Å². The molecule has 2 bridgehead atoms. The molecule has 18 heavy (non-hydrogen) atoms. The molecule has 2 heterocycles. The number of fused-ring (bicyclic) bond motifs is 1.